The first-order valence-corrected chi connectivity index (χ1v) is 16.9. The molecule has 0 aliphatic carbocycles. The van der Waals surface area contributed by atoms with E-state index in [1.165, 1.54) is 47.4 Å². The summed E-state index contributed by atoms with van der Waals surface area (Å²) >= 11 is 0. The summed E-state index contributed by atoms with van der Waals surface area (Å²) in [7, 11) is -3.58. The lowest BCUT2D eigenvalue weighted by molar-refractivity contribution is 0.0996. The minimum absolute atomic E-state index is 0.0809. The van der Waals surface area contributed by atoms with Gasteiger partial charge in [0.2, 0.25) is 5.88 Å². The lowest BCUT2D eigenvalue weighted by Crippen LogP contribution is -2.49. The van der Waals surface area contributed by atoms with Crippen LogP contribution in [-0.2, 0) is 16.4 Å². The van der Waals surface area contributed by atoms with Crippen LogP contribution in [0, 0.1) is 24.4 Å². The number of piperidine rings is 1. The SMILES string of the molecule is Cc1nc(Oc2ccc(S(=O)(=O)CCO)cc2)ccc1CN1CCC(N(C(=O)Nc2cc(C(N)=O)c(F)cc2F)c2cccc(F)c2)CC1. The number of carbonyl (C=O) groups is 2. The zero-order chi connectivity index (χ0) is 35.3. The molecule has 0 unspecified atom stereocenters. The summed E-state index contributed by atoms with van der Waals surface area (Å²) in [6.07, 6.45) is 0.972. The van der Waals surface area contributed by atoms with E-state index in [9.17, 15) is 31.2 Å². The van der Waals surface area contributed by atoms with E-state index in [0.29, 0.717) is 50.2 Å². The highest BCUT2D eigenvalue weighted by Gasteiger charge is 2.31. The van der Waals surface area contributed by atoms with Crippen molar-refractivity contribution in [3.05, 3.63) is 107 Å². The number of aliphatic hydroxyl groups is 1. The summed E-state index contributed by atoms with van der Waals surface area (Å²) in [6, 6.07) is 15.0. The van der Waals surface area contributed by atoms with E-state index < -0.39 is 63.1 Å². The Morgan fingerprint density at radius 3 is 2.37 bits per heavy atom. The summed E-state index contributed by atoms with van der Waals surface area (Å²) in [5, 5.41) is 11.4. The van der Waals surface area contributed by atoms with Gasteiger partial charge >= 0.3 is 6.03 Å². The molecule has 11 nitrogen and oxygen atoms in total. The van der Waals surface area contributed by atoms with Crippen LogP contribution >= 0.6 is 0 Å². The standard InChI is InChI=1S/C34H34F3N5O6S/c1-21-22(5-10-32(39-21)48-26-6-8-27(9-7-26)49(46,47)16-15-43)20-41-13-11-24(12-14-41)42(25-4-2-3-23(35)17-25)34(45)40-31-18-28(33(38)44)29(36)19-30(31)37/h2-10,17-19,24,43H,11-16,20H2,1H3,(H2,38,44)(H,40,45). The number of nitrogens with two attached hydrogens (primary N) is 1. The maximum atomic E-state index is 14.6. The number of nitrogens with zero attached hydrogens (tertiary/aromatic N) is 3. The molecular weight excluding hydrogens is 663 g/mol. The second-order valence-electron chi connectivity index (χ2n) is 11.5. The molecule has 1 fully saturated rings. The first-order chi connectivity index (χ1) is 23.3. The number of ether oxygens (including phenoxy) is 1. The Hall–Kier alpha value is -4.99. The molecule has 4 aromatic rings. The van der Waals surface area contributed by atoms with E-state index in [-0.39, 0.29) is 16.3 Å². The third-order valence-corrected chi connectivity index (χ3v) is 9.83. The van der Waals surface area contributed by atoms with Gasteiger partial charge in [0, 0.05) is 49.2 Å². The third kappa shape index (κ3) is 8.54. The number of aliphatic hydroxyl groups excluding tert-OH is 1. The van der Waals surface area contributed by atoms with E-state index in [4.69, 9.17) is 15.6 Å². The molecule has 1 aliphatic rings. The third-order valence-electron chi connectivity index (χ3n) is 8.12. The van der Waals surface area contributed by atoms with E-state index in [1.54, 1.807) is 12.1 Å². The zero-order valence-electron chi connectivity index (χ0n) is 26.4. The van der Waals surface area contributed by atoms with Gasteiger partial charge in [0.05, 0.1) is 28.5 Å². The molecule has 15 heteroatoms. The Bertz CT molecular complexity index is 1950. The summed E-state index contributed by atoms with van der Waals surface area (Å²) in [5.41, 5.74) is 6.05. The van der Waals surface area contributed by atoms with Gasteiger partial charge < -0.3 is 20.9 Å². The van der Waals surface area contributed by atoms with Crippen molar-refractivity contribution in [2.24, 2.45) is 5.73 Å². The van der Waals surface area contributed by atoms with Gasteiger partial charge in [-0.1, -0.05) is 12.1 Å². The predicted molar refractivity (Wildman–Crippen MR) is 176 cm³/mol. The molecule has 0 radical (unpaired) electrons. The molecule has 1 saturated heterocycles. The van der Waals surface area contributed by atoms with Gasteiger partial charge in [-0.05, 0) is 73.9 Å². The van der Waals surface area contributed by atoms with Crippen LogP contribution in [0.3, 0.4) is 0 Å². The Morgan fingerprint density at radius 1 is 1.02 bits per heavy atom. The van der Waals surface area contributed by atoms with Crippen molar-refractivity contribution in [1.82, 2.24) is 9.88 Å². The number of nitrogens with one attached hydrogen (secondary N) is 1. The Labute approximate surface area is 281 Å². The van der Waals surface area contributed by atoms with E-state index in [0.717, 1.165) is 17.3 Å². The number of benzene rings is 3. The average molecular weight is 698 g/mol. The van der Waals surface area contributed by atoms with Crippen LogP contribution in [0.2, 0.25) is 0 Å². The summed E-state index contributed by atoms with van der Waals surface area (Å²) in [4.78, 5) is 33.3. The van der Waals surface area contributed by atoms with Crippen LogP contribution in [0.5, 0.6) is 11.6 Å². The Kier molecular flexibility index (Phi) is 10.9. The number of urea groups is 1. The molecule has 5 rings (SSSR count). The van der Waals surface area contributed by atoms with Gasteiger partial charge in [-0.2, -0.15) is 0 Å². The zero-order valence-corrected chi connectivity index (χ0v) is 27.2. The average Bonchev–Trinajstić information content (AvgIpc) is 3.05. The molecule has 0 spiro atoms. The number of hydrogen-bond acceptors (Lipinski definition) is 8. The number of likely N-dealkylation sites (tertiary alicyclic amines) is 1. The van der Waals surface area contributed by atoms with Crippen LogP contribution in [0.25, 0.3) is 0 Å². The van der Waals surface area contributed by atoms with Gasteiger partial charge in [-0.3, -0.25) is 14.6 Å². The van der Waals surface area contributed by atoms with E-state index in [1.807, 2.05) is 13.0 Å². The fourth-order valence-electron chi connectivity index (χ4n) is 5.57. The second-order valence-corrected chi connectivity index (χ2v) is 13.6. The molecule has 3 amide bonds. The second kappa shape index (κ2) is 15.1. The predicted octanol–water partition coefficient (Wildman–Crippen LogP) is 5.17. The lowest BCUT2D eigenvalue weighted by atomic mass is 10.0. The van der Waals surface area contributed by atoms with E-state index >= 15 is 0 Å². The smallest absolute Gasteiger partial charge is 0.326 e. The van der Waals surface area contributed by atoms with Gasteiger partial charge in [0.1, 0.15) is 23.2 Å². The number of anilines is 2. The van der Waals surface area contributed by atoms with E-state index in [2.05, 4.69) is 15.2 Å². The Balaban J connectivity index is 1.24. The van der Waals surface area contributed by atoms with Crippen LogP contribution in [-0.4, -0.2) is 66.8 Å². The highest BCUT2D eigenvalue weighted by Crippen LogP contribution is 2.29. The minimum atomic E-state index is -3.58. The normalized spacial score (nSPS) is 14.0. The van der Waals surface area contributed by atoms with Crippen molar-refractivity contribution in [3.63, 3.8) is 0 Å². The fourth-order valence-corrected chi connectivity index (χ4v) is 6.60. The minimum Gasteiger partial charge on any atom is -0.439 e. The highest BCUT2D eigenvalue weighted by molar-refractivity contribution is 7.91. The van der Waals surface area contributed by atoms with Crippen molar-refractivity contribution < 1.29 is 41.0 Å². The number of carbonyl (C=O) groups excluding carboxylic acids is 2. The number of primary amides is 1. The lowest BCUT2D eigenvalue weighted by Gasteiger charge is -2.38. The number of sulfone groups is 1. The summed E-state index contributed by atoms with van der Waals surface area (Å²) in [5.74, 6) is -3.62. The van der Waals surface area contributed by atoms with Crippen molar-refractivity contribution >= 4 is 33.2 Å². The number of pyridine rings is 1. The molecule has 49 heavy (non-hydrogen) atoms. The molecule has 2 heterocycles. The quantitative estimate of drug-likeness (QED) is 0.194. The number of rotatable bonds is 11. The number of aryl methyl sites for hydroxylation is 1. The first-order valence-electron chi connectivity index (χ1n) is 15.3. The molecule has 0 saturated carbocycles. The van der Waals surface area contributed by atoms with Crippen molar-refractivity contribution in [1.29, 1.82) is 0 Å². The first kappa shape index (κ1) is 35.3. The number of hydrogen-bond donors (Lipinski definition) is 3. The van der Waals surface area contributed by atoms with Crippen LogP contribution in [0.15, 0.2) is 77.7 Å². The largest absolute Gasteiger partial charge is 0.439 e. The Morgan fingerprint density at radius 2 is 1.73 bits per heavy atom. The maximum absolute atomic E-state index is 14.6. The number of amides is 3. The van der Waals surface area contributed by atoms with Crippen LogP contribution in [0.1, 0.15) is 34.5 Å². The monoisotopic (exact) mass is 697 g/mol. The van der Waals surface area contributed by atoms with Gasteiger partial charge in [0.15, 0.2) is 9.84 Å². The summed E-state index contributed by atoms with van der Waals surface area (Å²) < 4.78 is 73.0. The molecular formula is C34H34F3N5O6S. The molecule has 0 atom stereocenters. The topological polar surface area (TPSA) is 155 Å². The van der Waals surface area contributed by atoms with Crippen LogP contribution in [0.4, 0.5) is 29.3 Å². The fraction of sp³-hybridized carbons (Fsp3) is 0.265. The molecule has 1 aliphatic heterocycles. The van der Waals surface area contributed by atoms with Crippen molar-refractivity contribution in [2.75, 3.05) is 35.7 Å². The van der Waals surface area contributed by atoms with Crippen LogP contribution < -0.4 is 20.7 Å². The molecule has 258 valence electrons. The van der Waals surface area contributed by atoms with Gasteiger partial charge in [-0.15, -0.1) is 0 Å². The molecule has 3 aromatic carbocycles. The number of aromatic nitrogens is 1. The summed E-state index contributed by atoms with van der Waals surface area (Å²) in [6.45, 7) is 3.04. The van der Waals surface area contributed by atoms with Crippen molar-refractivity contribution in [3.8, 4) is 11.6 Å². The molecule has 1 aromatic heterocycles. The number of halogens is 3. The van der Waals surface area contributed by atoms with Crippen molar-refractivity contribution in [2.45, 2.75) is 37.2 Å². The molecule has 4 N–H and O–H groups in total. The highest BCUT2D eigenvalue weighted by atomic mass is 32.2. The van der Waals surface area contributed by atoms with Gasteiger partial charge in [-0.25, -0.2) is 31.4 Å². The maximum Gasteiger partial charge on any atom is 0.326 e. The molecule has 0 bridgehead atoms. The van der Waals surface area contributed by atoms with Gasteiger partial charge in [0.25, 0.3) is 5.91 Å².